The summed E-state index contributed by atoms with van der Waals surface area (Å²) in [6.45, 7) is 2.52. The minimum atomic E-state index is -2.95. The molecule has 23 heavy (non-hydrogen) atoms. The van der Waals surface area contributed by atoms with Crippen molar-refractivity contribution in [1.82, 2.24) is 4.98 Å². The predicted octanol–water partition coefficient (Wildman–Crippen LogP) is 2.46. The molecule has 1 unspecified atom stereocenters. The molecule has 6 nitrogen and oxygen atoms in total. The number of thiazole rings is 1. The van der Waals surface area contributed by atoms with Crippen molar-refractivity contribution in [3.63, 3.8) is 0 Å². The Morgan fingerprint density at radius 3 is 3.00 bits per heavy atom. The summed E-state index contributed by atoms with van der Waals surface area (Å²) in [6, 6.07) is 5.60. The summed E-state index contributed by atoms with van der Waals surface area (Å²) in [5, 5.41) is 3.30. The van der Waals surface area contributed by atoms with Crippen molar-refractivity contribution < 1.29 is 17.9 Å². The van der Waals surface area contributed by atoms with Gasteiger partial charge in [0.1, 0.15) is 5.75 Å². The highest BCUT2D eigenvalue weighted by molar-refractivity contribution is 7.91. The Bertz CT molecular complexity index is 829. The van der Waals surface area contributed by atoms with Crippen LogP contribution >= 0.6 is 11.3 Å². The lowest BCUT2D eigenvalue weighted by atomic mass is 10.1. The van der Waals surface area contributed by atoms with E-state index in [1.807, 2.05) is 25.1 Å². The van der Waals surface area contributed by atoms with Gasteiger partial charge in [-0.15, -0.1) is 0 Å². The molecular formula is C15H18N2O4S2. The third kappa shape index (κ3) is 4.00. The van der Waals surface area contributed by atoms with Crippen LogP contribution in [-0.2, 0) is 14.6 Å². The number of anilines is 1. The average Bonchev–Trinajstić information content (AvgIpc) is 3.01. The summed E-state index contributed by atoms with van der Waals surface area (Å²) in [5.41, 5.74) is 0.803. The van der Waals surface area contributed by atoms with Crippen LogP contribution in [0.3, 0.4) is 0 Å². The summed E-state index contributed by atoms with van der Waals surface area (Å²) < 4.78 is 29.2. The van der Waals surface area contributed by atoms with Crippen LogP contribution < -0.4 is 10.1 Å². The quantitative estimate of drug-likeness (QED) is 0.891. The number of nitrogens with one attached hydrogen (secondary N) is 1. The van der Waals surface area contributed by atoms with Crippen LogP contribution in [0.1, 0.15) is 19.8 Å². The minimum absolute atomic E-state index is 0.0843. The number of aromatic nitrogens is 1. The smallest absolute Gasteiger partial charge is 0.226 e. The lowest BCUT2D eigenvalue weighted by Crippen LogP contribution is -2.17. The molecule has 2 aromatic rings. The van der Waals surface area contributed by atoms with Gasteiger partial charge < -0.3 is 10.1 Å². The maximum absolute atomic E-state index is 12.1. The molecular weight excluding hydrogens is 336 g/mol. The van der Waals surface area contributed by atoms with Crippen LogP contribution in [0, 0.1) is 5.92 Å². The summed E-state index contributed by atoms with van der Waals surface area (Å²) in [4.78, 5) is 16.4. The largest absolute Gasteiger partial charge is 0.494 e. The number of benzene rings is 1. The van der Waals surface area contributed by atoms with Crippen LogP contribution in [-0.4, -0.2) is 37.4 Å². The molecule has 0 saturated carbocycles. The minimum Gasteiger partial charge on any atom is -0.494 e. The summed E-state index contributed by atoms with van der Waals surface area (Å²) in [6.07, 6.45) is 0.784. The molecule has 3 rings (SSSR count). The first kappa shape index (κ1) is 16.2. The lowest BCUT2D eigenvalue weighted by Gasteiger charge is -2.06. The molecule has 1 atom stereocenters. The zero-order chi connectivity index (χ0) is 16.4. The summed E-state index contributed by atoms with van der Waals surface area (Å²) in [5.74, 6) is 0.803. The van der Waals surface area contributed by atoms with Gasteiger partial charge in [-0.3, -0.25) is 4.79 Å². The molecule has 1 aromatic heterocycles. The van der Waals surface area contributed by atoms with E-state index in [0.29, 0.717) is 18.2 Å². The number of amides is 1. The standard InChI is InChI=1S/C15H18N2O4S2/c1-2-21-11-3-4-12-13(8-11)22-15(16-12)17-14(18)7-10-5-6-23(19,20)9-10/h3-4,8,10H,2,5-7,9H2,1H3,(H,16,17,18). The SMILES string of the molecule is CCOc1ccc2nc(NC(=O)CC3CCS(=O)(=O)C3)sc2c1. The van der Waals surface area contributed by atoms with Crippen LogP contribution in [0.4, 0.5) is 5.13 Å². The zero-order valence-electron chi connectivity index (χ0n) is 12.7. The molecule has 124 valence electrons. The second kappa shape index (κ2) is 6.45. The number of carbonyl (C=O) groups excluding carboxylic acids is 1. The van der Waals surface area contributed by atoms with Crippen molar-refractivity contribution in [2.45, 2.75) is 19.8 Å². The van der Waals surface area contributed by atoms with Gasteiger partial charge in [0.05, 0.1) is 28.3 Å². The zero-order valence-corrected chi connectivity index (χ0v) is 14.4. The third-order valence-corrected chi connectivity index (χ3v) is 6.49. The maximum atomic E-state index is 12.1. The molecule has 0 radical (unpaired) electrons. The molecule has 2 heterocycles. The first-order chi connectivity index (χ1) is 10.9. The van der Waals surface area contributed by atoms with Gasteiger partial charge in [0.25, 0.3) is 0 Å². The van der Waals surface area contributed by atoms with Gasteiger partial charge in [-0.2, -0.15) is 0 Å². The number of fused-ring (bicyclic) bond motifs is 1. The summed E-state index contributed by atoms with van der Waals surface area (Å²) in [7, 11) is -2.95. The number of sulfone groups is 1. The van der Waals surface area contributed by atoms with Crippen LogP contribution in [0.25, 0.3) is 10.2 Å². The number of hydrogen-bond donors (Lipinski definition) is 1. The number of hydrogen-bond acceptors (Lipinski definition) is 6. The molecule has 1 aliphatic rings. The van der Waals surface area contributed by atoms with Gasteiger partial charge in [0.15, 0.2) is 15.0 Å². The van der Waals surface area contributed by atoms with Gasteiger partial charge in [-0.05, 0) is 37.5 Å². The molecule has 1 saturated heterocycles. The fraction of sp³-hybridized carbons (Fsp3) is 0.467. The van der Waals surface area contributed by atoms with E-state index in [2.05, 4.69) is 10.3 Å². The molecule has 8 heteroatoms. The Kier molecular flexibility index (Phi) is 4.54. The van der Waals surface area contributed by atoms with Gasteiger partial charge in [0.2, 0.25) is 5.91 Å². The van der Waals surface area contributed by atoms with Crippen molar-refractivity contribution in [2.75, 3.05) is 23.4 Å². The Morgan fingerprint density at radius 2 is 2.30 bits per heavy atom. The van der Waals surface area contributed by atoms with E-state index in [1.54, 1.807) is 0 Å². The predicted molar refractivity (Wildman–Crippen MR) is 90.8 cm³/mol. The van der Waals surface area contributed by atoms with E-state index in [0.717, 1.165) is 16.0 Å². The van der Waals surface area contributed by atoms with Gasteiger partial charge in [-0.25, -0.2) is 13.4 Å². The van der Waals surface area contributed by atoms with Gasteiger partial charge in [-0.1, -0.05) is 11.3 Å². The highest BCUT2D eigenvalue weighted by atomic mass is 32.2. The Morgan fingerprint density at radius 1 is 1.48 bits per heavy atom. The van der Waals surface area contributed by atoms with Crippen LogP contribution in [0.15, 0.2) is 18.2 Å². The Balaban J connectivity index is 1.65. The number of nitrogens with zero attached hydrogens (tertiary/aromatic N) is 1. The van der Waals surface area contributed by atoms with Crippen molar-refractivity contribution >= 4 is 42.4 Å². The molecule has 0 bridgehead atoms. The Hall–Kier alpha value is -1.67. The number of rotatable bonds is 5. The van der Waals surface area contributed by atoms with Crippen molar-refractivity contribution in [1.29, 1.82) is 0 Å². The fourth-order valence-electron chi connectivity index (χ4n) is 2.68. The molecule has 1 N–H and O–H groups in total. The highest BCUT2D eigenvalue weighted by Gasteiger charge is 2.29. The fourth-order valence-corrected chi connectivity index (χ4v) is 5.45. The topological polar surface area (TPSA) is 85.4 Å². The van der Waals surface area contributed by atoms with E-state index >= 15 is 0 Å². The molecule has 1 aliphatic heterocycles. The molecule has 1 aromatic carbocycles. The van der Waals surface area contributed by atoms with E-state index in [1.165, 1.54) is 11.3 Å². The van der Waals surface area contributed by atoms with Crippen LogP contribution in [0.2, 0.25) is 0 Å². The van der Waals surface area contributed by atoms with E-state index < -0.39 is 9.84 Å². The molecule has 0 spiro atoms. The van der Waals surface area contributed by atoms with Crippen molar-refractivity contribution in [3.05, 3.63) is 18.2 Å². The number of carbonyl (C=O) groups is 1. The van der Waals surface area contributed by atoms with Crippen LogP contribution in [0.5, 0.6) is 5.75 Å². The first-order valence-corrected chi connectivity index (χ1v) is 10.1. The van der Waals surface area contributed by atoms with Gasteiger partial charge >= 0.3 is 0 Å². The van der Waals surface area contributed by atoms with Crippen molar-refractivity contribution in [3.8, 4) is 5.75 Å². The Labute approximate surface area is 138 Å². The molecule has 1 amide bonds. The monoisotopic (exact) mass is 354 g/mol. The van der Waals surface area contributed by atoms with E-state index in [4.69, 9.17) is 4.74 Å². The lowest BCUT2D eigenvalue weighted by molar-refractivity contribution is -0.116. The second-order valence-corrected chi connectivity index (χ2v) is 8.86. The average molecular weight is 354 g/mol. The van der Waals surface area contributed by atoms with E-state index in [9.17, 15) is 13.2 Å². The third-order valence-electron chi connectivity index (χ3n) is 3.72. The van der Waals surface area contributed by atoms with Gasteiger partial charge in [0, 0.05) is 6.42 Å². The summed E-state index contributed by atoms with van der Waals surface area (Å²) >= 11 is 1.38. The normalized spacial score (nSPS) is 19.8. The molecule has 0 aliphatic carbocycles. The van der Waals surface area contributed by atoms with Crippen molar-refractivity contribution in [2.24, 2.45) is 5.92 Å². The molecule has 1 fully saturated rings. The number of ether oxygens (including phenoxy) is 1. The van der Waals surface area contributed by atoms with E-state index in [-0.39, 0.29) is 29.8 Å². The highest BCUT2D eigenvalue weighted by Crippen LogP contribution is 2.30. The second-order valence-electron chi connectivity index (χ2n) is 5.60. The maximum Gasteiger partial charge on any atom is 0.226 e. The first-order valence-electron chi connectivity index (χ1n) is 7.49.